The van der Waals surface area contributed by atoms with Gasteiger partial charge in [0.2, 0.25) is 0 Å². The van der Waals surface area contributed by atoms with Gasteiger partial charge in [-0.15, -0.1) is 0 Å². The lowest BCUT2D eigenvalue weighted by atomic mass is 10.4. The van der Waals surface area contributed by atoms with Gasteiger partial charge in [0.05, 0.1) is 6.20 Å². The van der Waals surface area contributed by atoms with Crippen molar-refractivity contribution in [2.75, 3.05) is 12.0 Å². The van der Waals surface area contributed by atoms with Crippen LogP contribution in [0.25, 0.3) is 0 Å². The number of nitrogens with zero attached hydrogens (tertiary/aromatic N) is 1. The highest BCUT2D eigenvalue weighted by Gasteiger charge is 2.19. The summed E-state index contributed by atoms with van der Waals surface area (Å²) in [7, 11) is -4.62. The van der Waals surface area contributed by atoms with Gasteiger partial charge in [-0.3, -0.25) is 4.21 Å². The van der Waals surface area contributed by atoms with Gasteiger partial charge in [0.25, 0.3) is 10.0 Å². The monoisotopic (exact) mass is 265 g/mol. The maximum atomic E-state index is 11.8. The van der Waals surface area contributed by atoms with E-state index < -0.39 is 20.8 Å². The molecule has 0 saturated heterocycles. The molecule has 1 rings (SSSR count). The van der Waals surface area contributed by atoms with Crippen molar-refractivity contribution in [1.82, 2.24) is 14.7 Å². The Morgan fingerprint density at radius 1 is 1.62 bits per heavy atom. The second-order valence-corrected chi connectivity index (χ2v) is 6.76. The van der Waals surface area contributed by atoms with Gasteiger partial charge in [-0.1, -0.05) is 0 Å². The Kier molecular flexibility index (Phi) is 4.22. The fraction of sp³-hybridized carbons (Fsp3) is 0.625. The lowest BCUT2D eigenvalue weighted by molar-refractivity contribution is 0.566. The summed E-state index contributed by atoms with van der Waals surface area (Å²) in [4.78, 5) is 6.45. The van der Waals surface area contributed by atoms with Gasteiger partial charge >= 0.3 is 0 Å². The highest BCUT2D eigenvalue weighted by atomic mass is 32.2. The van der Waals surface area contributed by atoms with E-state index >= 15 is 0 Å². The number of aromatic nitrogens is 2. The van der Waals surface area contributed by atoms with Crippen LogP contribution in [-0.4, -0.2) is 40.6 Å². The number of aromatic amines is 1. The molecule has 16 heavy (non-hydrogen) atoms. The van der Waals surface area contributed by atoms with Gasteiger partial charge in [0, 0.05) is 28.9 Å². The molecule has 2 N–H and O–H groups in total. The molecule has 0 spiro atoms. The predicted octanol–water partition coefficient (Wildman–Crippen LogP) is -0.237. The van der Waals surface area contributed by atoms with E-state index in [1.165, 1.54) is 12.5 Å². The highest BCUT2D eigenvalue weighted by molar-refractivity contribution is 7.89. The summed E-state index contributed by atoms with van der Waals surface area (Å²) in [6.45, 7) is 3.34. The van der Waals surface area contributed by atoms with Crippen molar-refractivity contribution in [3.8, 4) is 0 Å². The van der Waals surface area contributed by atoms with Crippen LogP contribution in [0, 0.1) is 6.92 Å². The summed E-state index contributed by atoms with van der Waals surface area (Å²) in [5.74, 6) is 0.818. The van der Waals surface area contributed by atoms with Crippen LogP contribution in [0.4, 0.5) is 0 Å². The third-order valence-corrected chi connectivity index (χ3v) is 4.28. The zero-order valence-corrected chi connectivity index (χ0v) is 11.0. The smallest absolute Gasteiger partial charge is 0.257 e. The Balaban J connectivity index is 2.76. The summed E-state index contributed by atoms with van der Waals surface area (Å²) in [6, 6.07) is -0.376. The molecule has 1 heterocycles. The Morgan fingerprint density at radius 2 is 2.25 bits per heavy atom. The molecule has 0 aliphatic rings. The van der Waals surface area contributed by atoms with Gasteiger partial charge in [0.1, 0.15) is 5.82 Å². The van der Waals surface area contributed by atoms with E-state index in [0.29, 0.717) is 5.82 Å². The van der Waals surface area contributed by atoms with E-state index in [1.54, 1.807) is 13.8 Å². The Labute approximate surface area is 97.4 Å². The van der Waals surface area contributed by atoms with Crippen LogP contribution in [0.2, 0.25) is 0 Å². The van der Waals surface area contributed by atoms with Crippen molar-refractivity contribution in [3.63, 3.8) is 0 Å². The standard InChI is InChI=1S/C8H15N3O3S2/c1-6(5-15(3)12)11-16(13,14)8-4-9-7(2)10-8/h4,6,11H,5H2,1-3H3,(H,9,10). The average molecular weight is 265 g/mol. The topological polar surface area (TPSA) is 91.9 Å². The number of sulfonamides is 1. The number of rotatable bonds is 5. The van der Waals surface area contributed by atoms with Gasteiger partial charge in [-0.05, 0) is 13.8 Å². The maximum absolute atomic E-state index is 11.8. The Hall–Kier alpha value is -0.730. The van der Waals surface area contributed by atoms with Gasteiger partial charge in [-0.2, -0.15) is 0 Å². The minimum Gasteiger partial charge on any atom is -0.332 e. The first-order valence-electron chi connectivity index (χ1n) is 4.65. The molecule has 0 aliphatic carbocycles. The molecule has 0 fully saturated rings. The van der Waals surface area contributed by atoms with Crippen LogP contribution in [-0.2, 0) is 20.8 Å². The zero-order chi connectivity index (χ0) is 12.3. The molecule has 1 aromatic rings. The summed E-state index contributed by atoms with van der Waals surface area (Å²) >= 11 is 0. The summed E-state index contributed by atoms with van der Waals surface area (Å²) in [5.41, 5.74) is 0. The van der Waals surface area contributed by atoms with Crippen molar-refractivity contribution in [3.05, 3.63) is 12.0 Å². The molecular weight excluding hydrogens is 250 g/mol. The fourth-order valence-electron chi connectivity index (χ4n) is 1.25. The van der Waals surface area contributed by atoms with E-state index in [0.717, 1.165) is 0 Å². The fourth-order valence-corrected chi connectivity index (χ4v) is 3.36. The quantitative estimate of drug-likeness (QED) is 0.769. The van der Waals surface area contributed by atoms with Crippen molar-refractivity contribution < 1.29 is 12.6 Å². The van der Waals surface area contributed by atoms with Crippen LogP contribution in [0.3, 0.4) is 0 Å². The molecule has 1 aromatic heterocycles. The van der Waals surface area contributed by atoms with E-state index in [2.05, 4.69) is 14.7 Å². The number of H-pyrrole nitrogens is 1. The summed E-state index contributed by atoms with van der Waals surface area (Å²) in [6.07, 6.45) is 2.79. The molecule has 8 heteroatoms. The molecule has 0 radical (unpaired) electrons. The number of aryl methyl sites for hydroxylation is 1. The van der Waals surface area contributed by atoms with Gasteiger partial charge in [-0.25, -0.2) is 18.1 Å². The van der Waals surface area contributed by atoms with E-state index in [4.69, 9.17) is 0 Å². The molecule has 92 valence electrons. The third-order valence-electron chi connectivity index (χ3n) is 1.81. The first-order chi connectivity index (χ1) is 7.31. The summed E-state index contributed by atoms with van der Waals surface area (Å²) in [5, 5.41) is 0.0266. The average Bonchev–Trinajstić information content (AvgIpc) is 2.49. The van der Waals surface area contributed by atoms with Crippen LogP contribution < -0.4 is 4.72 Å². The number of nitrogens with one attached hydrogen (secondary N) is 2. The van der Waals surface area contributed by atoms with Crippen LogP contribution in [0.5, 0.6) is 0 Å². The molecule has 2 atom stereocenters. The third kappa shape index (κ3) is 3.69. The molecule has 2 unspecified atom stereocenters. The normalized spacial score (nSPS) is 15.9. The number of hydrogen-bond donors (Lipinski definition) is 2. The van der Waals surface area contributed by atoms with Crippen molar-refractivity contribution in [2.45, 2.75) is 24.9 Å². The van der Waals surface area contributed by atoms with Crippen LogP contribution in [0.1, 0.15) is 12.7 Å². The molecule has 0 aromatic carbocycles. The molecule has 6 nitrogen and oxygen atoms in total. The van der Waals surface area contributed by atoms with Crippen molar-refractivity contribution >= 4 is 20.8 Å². The molecule has 0 amide bonds. The Bertz CT molecular complexity index is 480. The lowest BCUT2D eigenvalue weighted by Gasteiger charge is -2.11. The SMILES string of the molecule is Cc1ncc(S(=O)(=O)NC(C)CS(C)=O)[nH]1. The number of imidazole rings is 1. The van der Waals surface area contributed by atoms with Gasteiger partial charge < -0.3 is 4.98 Å². The van der Waals surface area contributed by atoms with E-state index in [9.17, 15) is 12.6 Å². The van der Waals surface area contributed by atoms with Gasteiger partial charge in [0.15, 0.2) is 5.03 Å². The Morgan fingerprint density at radius 3 is 2.69 bits per heavy atom. The first-order valence-corrected chi connectivity index (χ1v) is 7.86. The van der Waals surface area contributed by atoms with E-state index in [-0.39, 0.29) is 16.8 Å². The molecule has 0 aliphatic heterocycles. The minimum atomic E-state index is -3.59. The van der Waals surface area contributed by atoms with Crippen LogP contribution >= 0.6 is 0 Å². The molecule has 0 bridgehead atoms. The van der Waals surface area contributed by atoms with E-state index in [1.807, 2.05) is 0 Å². The molecular formula is C8H15N3O3S2. The zero-order valence-electron chi connectivity index (χ0n) is 9.35. The summed E-state index contributed by atoms with van der Waals surface area (Å²) < 4.78 is 36.9. The predicted molar refractivity (Wildman–Crippen MR) is 62.0 cm³/mol. The van der Waals surface area contributed by atoms with Crippen molar-refractivity contribution in [1.29, 1.82) is 0 Å². The molecule has 0 saturated carbocycles. The largest absolute Gasteiger partial charge is 0.332 e. The first kappa shape index (κ1) is 13.3. The number of hydrogen-bond acceptors (Lipinski definition) is 4. The second-order valence-electron chi connectivity index (χ2n) is 3.60. The highest BCUT2D eigenvalue weighted by Crippen LogP contribution is 2.05. The minimum absolute atomic E-state index is 0.0266. The lowest BCUT2D eigenvalue weighted by Crippen LogP contribution is -2.36. The second kappa shape index (κ2) is 5.07. The van der Waals surface area contributed by atoms with Crippen molar-refractivity contribution in [2.24, 2.45) is 0 Å². The maximum Gasteiger partial charge on any atom is 0.257 e. The van der Waals surface area contributed by atoms with Crippen LogP contribution in [0.15, 0.2) is 11.2 Å².